The molecule has 3 aromatic rings. The third kappa shape index (κ3) is 2.48. The van der Waals surface area contributed by atoms with Crippen LogP contribution in [0.1, 0.15) is 33.5 Å². The Kier molecular flexibility index (Phi) is 3.53. The van der Waals surface area contributed by atoms with Crippen molar-refractivity contribution >= 4 is 23.0 Å². The molecule has 1 amide bonds. The minimum atomic E-state index is -0.264. The lowest BCUT2D eigenvalue weighted by molar-refractivity contribution is 0.0698. The first kappa shape index (κ1) is 15.2. The number of hydrogen-bond acceptors (Lipinski definition) is 6. The number of benzene rings is 1. The van der Waals surface area contributed by atoms with Crippen molar-refractivity contribution < 1.29 is 18.7 Å². The lowest BCUT2D eigenvalue weighted by atomic mass is 10.0. The van der Waals surface area contributed by atoms with Gasteiger partial charge in [0.05, 0.1) is 16.9 Å². The molecule has 0 saturated heterocycles. The number of furan rings is 1. The standard InChI is InChI=1S/C19H14N2O4S/c22-19(18-4-2-8-26-18)21-14(15-3-1-7-23-15)10-13(20-21)12-5-6-16-17(9-12)25-11-24-16/h1-9,14H,10-11H2/t14-/m1/s1. The van der Waals surface area contributed by atoms with Crippen LogP contribution in [-0.2, 0) is 0 Å². The Morgan fingerprint density at radius 2 is 2.08 bits per heavy atom. The van der Waals surface area contributed by atoms with E-state index in [4.69, 9.17) is 13.9 Å². The minimum Gasteiger partial charge on any atom is -0.467 e. The largest absolute Gasteiger partial charge is 0.467 e. The summed E-state index contributed by atoms with van der Waals surface area (Å²) >= 11 is 1.40. The summed E-state index contributed by atoms with van der Waals surface area (Å²) in [6.45, 7) is 0.225. The number of ether oxygens (including phenoxy) is 2. The molecular formula is C19H14N2O4S. The average Bonchev–Trinajstić information content (AvgIpc) is 3.47. The van der Waals surface area contributed by atoms with E-state index in [1.807, 2.05) is 41.8 Å². The monoisotopic (exact) mass is 366 g/mol. The lowest BCUT2D eigenvalue weighted by Gasteiger charge is -2.18. The number of carbonyl (C=O) groups is 1. The van der Waals surface area contributed by atoms with Gasteiger partial charge in [-0.15, -0.1) is 11.3 Å². The Morgan fingerprint density at radius 3 is 2.88 bits per heavy atom. The van der Waals surface area contributed by atoms with Crippen LogP contribution in [0.2, 0.25) is 0 Å². The Balaban J connectivity index is 1.52. The number of carbonyl (C=O) groups excluding carboxylic acids is 1. The van der Waals surface area contributed by atoms with Crippen molar-refractivity contribution in [2.24, 2.45) is 5.10 Å². The summed E-state index contributed by atoms with van der Waals surface area (Å²) in [5.74, 6) is 2.01. The fraction of sp³-hybridized carbons (Fsp3) is 0.158. The van der Waals surface area contributed by atoms with Gasteiger partial charge in [-0.05, 0) is 41.8 Å². The Labute approximate surface area is 153 Å². The molecule has 2 aliphatic heterocycles. The highest BCUT2D eigenvalue weighted by atomic mass is 32.1. The second-order valence-corrected chi connectivity index (χ2v) is 6.92. The van der Waals surface area contributed by atoms with Gasteiger partial charge in [0.25, 0.3) is 5.91 Å². The molecule has 4 heterocycles. The molecule has 7 heteroatoms. The average molecular weight is 366 g/mol. The molecule has 0 spiro atoms. The molecule has 5 rings (SSSR count). The summed E-state index contributed by atoms with van der Waals surface area (Å²) in [6.07, 6.45) is 2.19. The molecule has 2 aromatic heterocycles. The molecule has 6 nitrogen and oxygen atoms in total. The van der Waals surface area contributed by atoms with Gasteiger partial charge in [0.2, 0.25) is 6.79 Å². The molecule has 130 valence electrons. The van der Waals surface area contributed by atoms with E-state index in [1.54, 1.807) is 12.3 Å². The van der Waals surface area contributed by atoms with Crippen LogP contribution >= 0.6 is 11.3 Å². The van der Waals surface area contributed by atoms with Gasteiger partial charge in [-0.2, -0.15) is 5.10 Å². The van der Waals surface area contributed by atoms with Crippen LogP contribution in [0, 0.1) is 0 Å². The summed E-state index contributed by atoms with van der Waals surface area (Å²) in [4.78, 5) is 13.6. The molecule has 0 fully saturated rings. The maximum absolute atomic E-state index is 12.9. The van der Waals surface area contributed by atoms with Crippen molar-refractivity contribution in [2.75, 3.05) is 6.79 Å². The van der Waals surface area contributed by atoms with Crippen molar-refractivity contribution in [1.29, 1.82) is 0 Å². The molecule has 26 heavy (non-hydrogen) atoms. The molecule has 0 aliphatic carbocycles. The van der Waals surface area contributed by atoms with Gasteiger partial charge in [-0.1, -0.05) is 6.07 Å². The van der Waals surface area contributed by atoms with Crippen molar-refractivity contribution in [1.82, 2.24) is 5.01 Å². The summed E-state index contributed by atoms with van der Waals surface area (Å²) < 4.78 is 16.4. The van der Waals surface area contributed by atoms with E-state index in [1.165, 1.54) is 16.3 Å². The Morgan fingerprint density at radius 1 is 1.15 bits per heavy atom. The summed E-state index contributed by atoms with van der Waals surface area (Å²) in [6, 6.07) is 12.8. The summed E-state index contributed by atoms with van der Waals surface area (Å²) in [5, 5.41) is 8.03. The maximum Gasteiger partial charge on any atom is 0.284 e. The van der Waals surface area contributed by atoms with Crippen molar-refractivity contribution in [3.8, 4) is 11.5 Å². The van der Waals surface area contributed by atoms with Crippen LogP contribution in [0.15, 0.2) is 63.6 Å². The first-order valence-electron chi connectivity index (χ1n) is 8.17. The van der Waals surface area contributed by atoms with Gasteiger partial charge < -0.3 is 13.9 Å². The molecule has 0 bridgehead atoms. The number of hydrogen-bond donors (Lipinski definition) is 0. The van der Waals surface area contributed by atoms with E-state index in [0.29, 0.717) is 17.0 Å². The van der Waals surface area contributed by atoms with Crippen molar-refractivity contribution in [2.45, 2.75) is 12.5 Å². The zero-order valence-corrected chi connectivity index (χ0v) is 14.4. The van der Waals surface area contributed by atoms with E-state index in [-0.39, 0.29) is 18.7 Å². The van der Waals surface area contributed by atoms with Crippen LogP contribution in [0.4, 0.5) is 0 Å². The quantitative estimate of drug-likeness (QED) is 0.701. The van der Waals surface area contributed by atoms with Crippen LogP contribution in [0.25, 0.3) is 0 Å². The van der Waals surface area contributed by atoms with E-state index in [9.17, 15) is 4.79 Å². The van der Waals surface area contributed by atoms with E-state index >= 15 is 0 Å². The number of thiophene rings is 1. The zero-order chi connectivity index (χ0) is 17.5. The number of fused-ring (bicyclic) bond motifs is 1. The molecule has 0 N–H and O–H groups in total. The molecular weight excluding hydrogens is 352 g/mol. The van der Waals surface area contributed by atoms with Gasteiger partial charge in [0, 0.05) is 12.0 Å². The van der Waals surface area contributed by atoms with Gasteiger partial charge in [0.1, 0.15) is 11.8 Å². The third-order valence-electron chi connectivity index (χ3n) is 4.43. The highest BCUT2D eigenvalue weighted by Gasteiger charge is 2.36. The fourth-order valence-corrected chi connectivity index (χ4v) is 3.82. The smallest absolute Gasteiger partial charge is 0.284 e. The normalized spacial score (nSPS) is 18.2. The van der Waals surface area contributed by atoms with Gasteiger partial charge in [-0.3, -0.25) is 4.79 Å². The number of nitrogens with zero attached hydrogens (tertiary/aromatic N) is 2. The highest BCUT2D eigenvalue weighted by molar-refractivity contribution is 7.12. The van der Waals surface area contributed by atoms with Crippen molar-refractivity contribution in [3.63, 3.8) is 0 Å². The molecule has 0 unspecified atom stereocenters. The van der Waals surface area contributed by atoms with Crippen LogP contribution in [0.5, 0.6) is 11.5 Å². The topological polar surface area (TPSA) is 64.3 Å². The highest BCUT2D eigenvalue weighted by Crippen LogP contribution is 2.37. The van der Waals surface area contributed by atoms with Crippen LogP contribution in [-0.4, -0.2) is 23.4 Å². The number of rotatable bonds is 3. The van der Waals surface area contributed by atoms with Gasteiger partial charge in [0.15, 0.2) is 11.5 Å². The summed E-state index contributed by atoms with van der Waals surface area (Å²) in [7, 11) is 0. The lowest BCUT2D eigenvalue weighted by Crippen LogP contribution is -2.26. The summed E-state index contributed by atoms with van der Waals surface area (Å²) in [5.41, 5.74) is 1.72. The Hall–Kier alpha value is -3.06. The molecule has 1 atom stereocenters. The second-order valence-electron chi connectivity index (χ2n) is 5.98. The number of amides is 1. The predicted molar refractivity (Wildman–Crippen MR) is 95.7 cm³/mol. The Bertz CT molecular complexity index is 979. The first-order chi connectivity index (χ1) is 12.8. The SMILES string of the molecule is O=C(c1cccs1)N1N=C(c2ccc3c(c2)OCO3)C[C@@H]1c1ccco1. The van der Waals surface area contributed by atoms with Crippen LogP contribution < -0.4 is 9.47 Å². The predicted octanol–water partition coefficient (Wildman–Crippen LogP) is 4.06. The minimum absolute atomic E-state index is 0.128. The van der Waals surface area contributed by atoms with Crippen molar-refractivity contribution in [3.05, 3.63) is 70.3 Å². The third-order valence-corrected chi connectivity index (χ3v) is 5.29. The van der Waals surface area contributed by atoms with Gasteiger partial charge in [-0.25, -0.2) is 5.01 Å². The second kappa shape index (κ2) is 6.03. The maximum atomic E-state index is 12.9. The van der Waals surface area contributed by atoms with E-state index in [0.717, 1.165) is 22.8 Å². The fourth-order valence-electron chi connectivity index (χ4n) is 3.16. The van der Waals surface area contributed by atoms with Gasteiger partial charge >= 0.3 is 0 Å². The first-order valence-corrected chi connectivity index (χ1v) is 9.05. The van der Waals surface area contributed by atoms with Crippen LogP contribution in [0.3, 0.4) is 0 Å². The van der Waals surface area contributed by atoms with E-state index in [2.05, 4.69) is 5.10 Å². The molecule has 2 aliphatic rings. The number of hydrazone groups is 1. The molecule has 0 saturated carbocycles. The van der Waals surface area contributed by atoms with E-state index < -0.39 is 0 Å². The molecule has 1 aromatic carbocycles. The molecule has 0 radical (unpaired) electrons. The zero-order valence-electron chi connectivity index (χ0n) is 13.6.